The average Bonchev–Trinajstić information content (AvgIpc) is 2.85. The second-order valence-corrected chi connectivity index (χ2v) is 8.23. The van der Waals surface area contributed by atoms with E-state index >= 15 is 0 Å². The van der Waals surface area contributed by atoms with Gasteiger partial charge in [0.1, 0.15) is 37.8 Å². The topological polar surface area (TPSA) is 99.7 Å². The average molecular weight is 477 g/mol. The van der Waals surface area contributed by atoms with Gasteiger partial charge >= 0.3 is 0 Å². The van der Waals surface area contributed by atoms with Gasteiger partial charge in [0.15, 0.2) is 23.0 Å². The van der Waals surface area contributed by atoms with Gasteiger partial charge in [0, 0.05) is 31.7 Å². The van der Waals surface area contributed by atoms with Gasteiger partial charge in [0.2, 0.25) is 5.75 Å². The lowest BCUT2D eigenvalue weighted by Crippen LogP contribution is -2.39. The minimum Gasteiger partial charge on any atom is -0.493 e. The van der Waals surface area contributed by atoms with Gasteiger partial charge in [0.25, 0.3) is 0 Å². The normalized spacial score (nSPS) is 15.6. The summed E-state index contributed by atoms with van der Waals surface area (Å²) in [5.74, 6) is 3.78. The highest BCUT2D eigenvalue weighted by Crippen LogP contribution is 2.37. The Morgan fingerprint density at radius 1 is 1.06 bits per heavy atom. The predicted octanol–water partition coefficient (Wildman–Crippen LogP) is 2.25. The lowest BCUT2D eigenvalue weighted by atomic mass is 10.2. The molecule has 0 radical (unpaired) electrons. The Morgan fingerprint density at radius 3 is 2.53 bits per heavy atom. The molecule has 1 heterocycles. The Morgan fingerprint density at radius 2 is 1.82 bits per heavy atom. The highest BCUT2D eigenvalue weighted by molar-refractivity contribution is 5.51. The highest BCUT2D eigenvalue weighted by atomic mass is 16.6. The molecule has 2 unspecified atom stereocenters. The van der Waals surface area contributed by atoms with Crippen molar-refractivity contribution in [1.82, 2.24) is 10.6 Å². The first kappa shape index (κ1) is 25.7. The number of hydrogen-bond acceptors (Lipinski definition) is 9. The molecule has 0 aromatic heterocycles. The number of para-hydroxylation sites is 1. The molecule has 0 saturated carbocycles. The van der Waals surface area contributed by atoms with Crippen LogP contribution in [-0.4, -0.2) is 77.0 Å². The van der Waals surface area contributed by atoms with Gasteiger partial charge in [-0.1, -0.05) is 19.9 Å². The molecule has 0 bridgehead atoms. The van der Waals surface area contributed by atoms with Crippen molar-refractivity contribution in [2.45, 2.75) is 32.1 Å². The standard InChI is InChI=1S/C25H36N2O7/c1-17(2)27-13-18(28)15-32-19-8-9-21-24(12-19)33-16-20(34-21)14-26-10-11-31-25-22(29-3)6-5-7-23(25)30-4/h5-9,12,17-18,20,26-28H,10-11,13-16H2,1-4H3. The quantitative estimate of drug-likeness (QED) is 0.355. The summed E-state index contributed by atoms with van der Waals surface area (Å²) < 4.78 is 34.1. The second-order valence-electron chi connectivity index (χ2n) is 8.23. The van der Waals surface area contributed by atoms with Crippen molar-refractivity contribution in [3.05, 3.63) is 36.4 Å². The van der Waals surface area contributed by atoms with Gasteiger partial charge in [0.05, 0.1) is 14.2 Å². The predicted molar refractivity (Wildman–Crippen MR) is 129 cm³/mol. The number of aliphatic hydroxyl groups excluding tert-OH is 1. The fraction of sp³-hybridized carbons (Fsp3) is 0.520. The maximum absolute atomic E-state index is 10.00. The molecule has 9 nitrogen and oxygen atoms in total. The smallest absolute Gasteiger partial charge is 0.203 e. The van der Waals surface area contributed by atoms with Crippen molar-refractivity contribution in [3.63, 3.8) is 0 Å². The van der Waals surface area contributed by atoms with Crippen LogP contribution in [0.25, 0.3) is 0 Å². The van der Waals surface area contributed by atoms with E-state index in [0.717, 1.165) is 0 Å². The van der Waals surface area contributed by atoms with Crippen molar-refractivity contribution in [2.24, 2.45) is 0 Å². The second kappa shape index (κ2) is 13.1. The minimum atomic E-state index is -0.584. The highest BCUT2D eigenvalue weighted by Gasteiger charge is 2.21. The van der Waals surface area contributed by atoms with Crippen LogP contribution in [0.3, 0.4) is 0 Å². The number of rotatable bonds is 14. The summed E-state index contributed by atoms with van der Waals surface area (Å²) in [4.78, 5) is 0. The number of methoxy groups -OCH3 is 2. The molecule has 1 aliphatic rings. The molecule has 2 aromatic carbocycles. The number of fused-ring (bicyclic) bond motifs is 1. The zero-order chi connectivity index (χ0) is 24.3. The lowest BCUT2D eigenvalue weighted by Gasteiger charge is -2.27. The van der Waals surface area contributed by atoms with Crippen molar-refractivity contribution < 1.29 is 33.5 Å². The van der Waals surface area contributed by atoms with Gasteiger partial charge in [-0.15, -0.1) is 0 Å². The van der Waals surface area contributed by atoms with Crippen LogP contribution in [0.5, 0.6) is 34.5 Å². The lowest BCUT2D eigenvalue weighted by molar-refractivity contribution is 0.0873. The number of nitrogens with one attached hydrogen (secondary N) is 2. The van der Waals surface area contributed by atoms with Crippen LogP contribution in [-0.2, 0) is 0 Å². The van der Waals surface area contributed by atoms with Gasteiger partial charge in [-0.3, -0.25) is 0 Å². The van der Waals surface area contributed by atoms with Crippen LogP contribution in [0.15, 0.2) is 36.4 Å². The van der Waals surface area contributed by atoms with E-state index in [1.807, 2.05) is 44.2 Å². The van der Waals surface area contributed by atoms with Gasteiger partial charge in [-0.25, -0.2) is 0 Å². The van der Waals surface area contributed by atoms with E-state index in [0.29, 0.717) is 73.4 Å². The zero-order valence-corrected chi connectivity index (χ0v) is 20.3. The monoisotopic (exact) mass is 476 g/mol. The maximum atomic E-state index is 10.00. The van der Waals surface area contributed by atoms with Crippen molar-refractivity contribution in [3.8, 4) is 34.5 Å². The van der Waals surface area contributed by atoms with Gasteiger partial charge in [-0.2, -0.15) is 0 Å². The summed E-state index contributed by atoms with van der Waals surface area (Å²) in [6, 6.07) is 11.3. The largest absolute Gasteiger partial charge is 0.493 e. The summed E-state index contributed by atoms with van der Waals surface area (Å²) in [5, 5.41) is 16.5. The molecule has 3 N–H and O–H groups in total. The first-order valence-electron chi connectivity index (χ1n) is 11.5. The minimum absolute atomic E-state index is 0.121. The van der Waals surface area contributed by atoms with E-state index in [2.05, 4.69) is 10.6 Å². The van der Waals surface area contributed by atoms with Crippen molar-refractivity contribution in [2.75, 3.05) is 53.7 Å². The van der Waals surface area contributed by atoms with E-state index in [9.17, 15) is 5.11 Å². The number of hydrogen-bond donors (Lipinski definition) is 3. The Bertz CT molecular complexity index is 871. The SMILES string of the molecule is COc1cccc(OC)c1OCCNCC1COc2cc(OCC(O)CNC(C)C)ccc2O1. The zero-order valence-electron chi connectivity index (χ0n) is 20.3. The molecular formula is C25H36N2O7. The molecule has 188 valence electrons. The molecular weight excluding hydrogens is 440 g/mol. The third-order valence-electron chi connectivity index (χ3n) is 5.12. The Labute approximate surface area is 201 Å². The molecule has 9 heteroatoms. The molecule has 1 aliphatic heterocycles. The molecule has 0 aliphatic carbocycles. The molecule has 0 amide bonds. The van der Waals surface area contributed by atoms with Crippen LogP contribution >= 0.6 is 0 Å². The summed E-state index contributed by atoms with van der Waals surface area (Å²) in [6.07, 6.45) is -0.705. The van der Waals surface area contributed by atoms with Gasteiger partial charge in [-0.05, 0) is 24.3 Å². The first-order valence-corrected chi connectivity index (χ1v) is 11.5. The Balaban J connectivity index is 1.39. The van der Waals surface area contributed by atoms with Crippen LogP contribution in [0.4, 0.5) is 0 Å². The van der Waals surface area contributed by atoms with Crippen LogP contribution in [0, 0.1) is 0 Å². The van der Waals surface area contributed by atoms with E-state index in [-0.39, 0.29) is 12.7 Å². The molecule has 2 aromatic rings. The molecule has 0 fully saturated rings. The van der Waals surface area contributed by atoms with Crippen molar-refractivity contribution >= 4 is 0 Å². The van der Waals surface area contributed by atoms with Crippen LogP contribution < -0.4 is 39.1 Å². The number of ether oxygens (including phenoxy) is 6. The summed E-state index contributed by atoms with van der Waals surface area (Å²) in [5.41, 5.74) is 0. The molecule has 3 rings (SSSR count). The maximum Gasteiger partial charge on any atom is 0.203 e. The first-order chi connectivity index (χ1) is 16.5. The third-order valence-corrected chi connectivity index (χ3v) is 5.12. The summed E-state index contributed by atoms with van der Waals surface area (Å²) in [6.45, 7) is 6.84. The number of benzene rings is 2. The summed E-state index contributed by atoms with van der Waals surface area (Å²) in [7, 11) is 3.20. The van der Waals surface area contributed by atoms with Gasteiger partial charge < -0.3 is 44.2 Å². The molecule has 0 saturated heterocycles. The number of aliphatic hydroxyl groups is 1. The van der Waals surface area contributed by atoms with E-state index in [4.69, 9.17) is 28.4 Å². The molecule has 0 spiro atoms. The molecule has 34 heavy (non-hydrogen) atoms. The Kier molecular flexibility index (Phi) is 9.93. The van der Waals surface area contributed by atoms with Crippen LogP contribution in [0.2, 0.25) is 0 Å². The van der Waals surface area contributed by atoms with E-state index in [1.165, 1.54) is 0 Å². The summed E-state index contributed by atoms with van der Waals surface area (Å²) >= 11 is 0. The third kappa shape index (κ3) is 7.58. The van der Waals surface area contributed by atoms with Crippen molar-refractivity contribution in [1.29, 1.82) is 0 Å². The molecule has 2 atom stereocenters. The van der Waals surface area contributed by atoms with E-state index in [1.54, 1.807) is 20.3 Å². The fourth-order valence-corrected chi connectivity index (χ4v) is 3.36. The van der Waals surface area contributed by atoms with E-state index < -0.39 is 6.10 Å². The van der Waals surface area contributed by atoms with Crippen LogP contribution in [0.1, 0.15) is 13.8 Å². The Hall–Kier alpha value is -2.88. The fourth-order valence-electron chi connectivity index (χ4n) is 3.36.